The molecule has 0 heterocycles. The molecule has 0 amide bonds. The Morgan fingerprint density at radius 1 is 1.18 bits per heavy atom. The van der Waals surface area contributed by atoms with Gasteiger partial charge in [0.15, 0.2) is 0 Å². The van der Waals surface area contributed by atoms with Crippen molar-refractivity contribution >= 4 is 27.5 Å². The van der Waals surface area contributed by atoms with E-state index in [1.807, 2.05) is 24.3 Å². The Morgan fingerprint density at radius 2 is 2.00 bits per heavy atom. The van der Waals surface area contributed by atoms with Gasteiger partial charge in [-0.05, 0) is 51.8 Å². The van der Waals surface area contributed by atoms with E-state index in [-0.39, 0.29) is 5.82 Å². The Labute approximate surface area is 112 Å². The molecule has 0 saturated heterocycles. The molecule has 0 aliphatic heterocycles. The molecule has 88 valence electrons. The van der Waals surface area contributed by atoms with Crippen molar-refractivity contribution in [3.05, 3.63) is 58.3 Å². The molecule has 0 aliphatic rings. The van der Waals surface area contributed by atoms with Crippen LogP contribution in [0.2, 0.25) is 0 Å². The minimum absolute atomic E-state index is 0.307. The van der Waals surface area contributed by atoms with Gasteiger partial charge in [-0.3, -0.25) is 0 Å². The minimum Gasteiger partial charge on any atom is -0.456 e. The third kappa shape index (κ3) is 3.20. The first-order valence-electron chi connectivity index (χ1n) is 4.97. The van der Waals surface area contributed by atoms with Crippen molar-refractivity contribution in [1.82, 2.24) is 0 Å². The van der Waals surface area contributed by atoms with Gasteiger partial charge in [0.05, 0.1) is 4.47 Å². The van der Waals surface area contributed by atoms with Crippen LogP contribution in [0.25, 0.3) is 0 Å². The summed E-state index contributed by atoms with van der Waals surface area (Å²) in [5.41, 5.74) is 0.974. The van der Waals surface area contributed by atoms with Gasteiger partial charge in [0.25, 0.3) is 0 Å². The Hall–Kier alpha value is -1.06. The standard InChI is InChI=1S/C13H9BrClFO/c14-12-7-10(16)4-5-13(12)17-11-3-1-2-9(6-11)8-15/h1-7H,8H2. The Kier molecular flexibility index (Phi) is 4.02. The SMILES string of the molecule is Fc1ccc(Oc2cccc(CCl)c2)c(Br)c1. The van der Waals surface area contributed by atoms with E-state index >= 15 is 0 Å². The molecule has 0 spiro atoms. The van der Waals surface area contributed by atoms with Crippen molar-refractivity contribution in [2.75, 3.05) is 0 Å². The Morgan fingerprint density at radius 3 is 2.71 bits per heavy atom. The summed E-state index contributed by atoms with van der Waals surface area (Å²) in [7, 11) is 0. The number of halogens is 3. The molecule has 2 rings (SSSR count). The zero-order valence-electron chi connectivity index (χ0n) is 8.79. The van der Waals surface area contributed by atoms with Gasteiger partial charge in [-0.25, -0.2) is 4.39 Å². The second kappa shape index (κ2) is 5.52. The van der Waals surface area contributed by atoms with Crippen LogP contribution < -0.4 is 4.74 Å². The van der Waals surface area contributed by atoms with E-state index in [2.05, 4.69) is 15.9 Å². The topological polar surface area (TPSA) is 9.23 Å². The molecule has 0 N–H and O–H groups in total. The van der Waals surface area contributed by atoms with E-state index in [4.69, 9.17) is 16.3 Å². The average molecular weight is 316 g/mol. The maximum atomic E-state index is 12.9. The lowest BCUT2D eigenvalue weighted by Gasteiger charge is -2.08. The van der Waals surface area contributed by atoms with Gasteiger partial charge in [-0.2, -0.15) is 0 Å². The number of hydrogen-bond donors (Lipinski definition) is 0. The number of hydrogen-bond acceptors (Lipinski definition) is 1. The zero-order valence-corrected chi connectivity index (χ0v) is 11.1. The highest BCUT2D eigenvalue weighted by Crippen LogP contribution is 2.30. The molecule has 2 aromatic rings. The number of alkyl halides is 1. The molecule has 0 atom stereocenters. The average Bonchev–Trinajstić information content (AvgIpc) is 2.33. The second-order valence-corrected chi connectivity index (χ2v) is 4.58. The van der Waals surface area contributed by atoms with Gasteiger partial charge in [-0.15, -0.1) is 11.6 Å². The van der Waals surface area contributed by atoms with Gasteiger partial charge >= 0.3 is 0 Å². The molecule has 4 heteroatoms. The van der Waals surface area contributed by atoms with Gasteiger partial charge < -0.3 is 4.74 Å². The predicted molar refractivity (Wildman–Crippen MR) is 70.2 cm³/mol. The maximum Gasteiger partial charge on any atom is 0.141 e. The van der Waals surface area contributed by atoms with E-state index in [9.17, 15) is 4.39 Å². The largest absolute Gasteiger partial charge is 0.456 e. The Bertz CT molecular complexity index is 531. The summed E-state index contributed by atoms with van der Waals surface area (Å²) in [6.07, 6.45) is 0. The van der Waals surface area contributed by atoms with E-state index in [1.165, 1.54) is 12.1 Å². The van der Waals surface area contributed by atoms with Crippen molar-refractivity contribution in [3.63, 3.8) is 0 Å². The van der Waals surface area contributed by atoms with Crippen LogP contribution in [0, 0.1) is 5.82 Å². The van der Waals surface area contributed by atoms with Gasteiger partial charge in [0.2, 0.25) is 0 Å². The molecule has 17 heavy (non-hydrogen) atoms. The monoisotopic (exact) mass is 314 g/mol. The molecule has 0 bridgehead atoms. The predicted octanol–water partition coefficient (Wildman–Crippen LogP) is 5.12. The summed E-state index contributed by atoms with van der Waals surface area (Å²) < 4.78 is 19.1. The van der Waals surface area contributed by atoms with Crippen molar-refractivity contribution in [3.8, 4) is 11.5 Å². The molecule has 0 fully saturated rings. The minimum atomic E-state index is -0.307. The van der Waals surface area contributed by atoms with Gasteiger partial charge in [0, 0.05) is 5.88 Å². The van der Waals surface area contributed by atoms with Crippen molar-refractivity contribution in [2.45, 2.75) is 5.88 Å². The highest BCUT2D eigenvalue weighted by molar-refractivity contribution is 9.10. The van der Waals surface area contributed by atoms with E-state index in [0.29, 0.717) is 21.9 Å². The van der Waals surface area contributed by atoms with E-state index in [1.54, 1.807) is 6.07 Å². The first kappa shape index (κ1) is 12.4. The third-order valence-electron chi connectivity index (χ3n) is 2.17. The molecule has 0 aliphatic carbocycles. The fraction of sp³-hybridized carbons (Fsp3) is 0.0769. The zero-order chi connectivity index (χ0) is 12.3. The van der Waals surface area contributed by atoms with Crippen LogP contribution >= 0.6 is 27.5 Å². The smallest absolute Gasteiger partial charge is 0.141 e. The summed E-state index contributed by atoms with van der Waals surface area (Å²) in [6.45, 7) is 0. The lowest BCUT2D eigenvalue weighted by Crippen LogP contribution is -1.87. The molecule has 0 unspecified atom stereocenters. The van der Waals surface area contributed by atoms with E-state index in [0.717, 1.165) is 5.56 Å². The second-order valence-electron chi connectivity index (χ2n) is 3.46. The van der Waals surface area contributed by atoms with Crippen molar-refractivity contribution in [2.24, 2.45) is 0 Å². The molecule has 1 nitrogen and oxygen atoms in total. The number of benzene rings is 2. The number of ether oxygens (including phenoxy) is 1. The van der Waals surface area contributed by atoms with E-state index < -0.39 is 0 Å². The normalized spacial score (nSPS) is 10.3. The van der Waals surface area contributed by atoms with Crippen LogP contribution in [-0.4, -0.2) is 0 Å². The van der Waals surface area contributed by atoms with Gasteiger partial charge in [0.1, 0.15) is 17.3 Å². The summed E-state index contributed by atoms with van der Waals surface area (Å²) in [5, 5.41) is 0. The summed E-state index contributed by atoms with van der Waals surface area (Å²) in [6, 6.07) is 11.7. The summed E-state index contributed by atoms with van der Waals surface area (Å²) in [4.78, 5) is 0. The highest BCUT2D eigenvalue weighted by Gasteiger charge is 2.04. The van der Waals surface area contributed by atoms with Crippen LogP contribution in [-0.2, 0) is 5.88 Å². The number of rotatable bonds is 3. The van der Waals surface area contributed by atoms with Crippen molar-refractivity contribution < 1.29 is 9.13 Å². The molecular weight excluding hydrogens is 306 g/mol. The quantitative estimate of drug-likeness (QED) is 0.714. The molecule has 0 saturated carbocycles. The maximum absolute atomic E-state index is 12.9. The van der Waals surface area contributed by atoms with Crippen LogP contribution in [0.4, 0.5) is 4.39 Å². The molecule has 0 aromatic heterocycles. The van der Waals surface area contributed by atoms with Crippen LogP contribution in [0.3, 0.4) is 0 Å². The van der Waals surface area contributed by atoms with Crippen LogP contribution in [0.1, 0.15) is 5.56 Å². The molecule has 0 radical (unpaired) electrons. The first-order valence-corrected chi connectivity index (χ1v) is 6.29. The van der Waals surface area contributed by atoms with Crippen molar-refractivity contribution in [1.29, 1.82) is 0 Å². The summed E-state index contributed by atoms with van der Waals surface area (Å²) in [5.74, 6) is 1.37. The lowest BCUT2D eigenvalue weighted by atomic mass is 10.2. The highest BCUT2D eigenvalue weighted by atomic mass is 79.9. The third-order valence-corrected chi connectivity index (χ3v) is 3.10. The van der Waals surface area contributed by atoms with Crippen LogP contribution in [0.5, 0.6) is 11.5 Å². The summed E-state index contributed by atoms with van der Waals surface area (Å²) >= 11 is 8.99. The Balaban J connectivity index is 2.25. The fourth-order valence-electron chi connectivity index (χ4n) is 1.38. The fourth-order valence-corrected chi connectivity index (χ4v) is 1.98. The molecule has 2 aromatic carbocycles. The lowest BCUT2D eigenvalue weighted by molar-refractivity contribution is 0.477. The van der Waals surface area contributed by atoms with Gasteiger partial charge in [-0.1, -0.05) is 12.1 Å². The molecular formula is C13H9BrClFO. The van der Waals surface area contributed by atoms with Crippen LogP contribution in [0.15, 0.2) is 46.9 Å². The first-order chi connectivity index (χ1) is 8.19.